The summed E-state index contributed by atoms with van der Waals surface area (Å²) >= 11 is 8.66. The van der Waals surface area contributed by atoms with Gasteiger partial charge in [-0.2, -0.15) is 0 Å². The third-order valence-corrected chi connectivity index (χ3v) is 4.87. The molecule has 0 spiro atoms. The lowest BCUT2D eigenvalue weighted by Crippen LogP contribution is -2.43. The highest BCUT2D eigenvalue weighted by Crippen LogP contribution is 2.23. The monoisotopic (exact) mass is 499 g/mol. The van der Waals surface area contributed by atoms with Crippen molar-refractivity contribution in [1.82, 2.24) is 10.9 Å². The zero-order valence-electron chi connectivity index (χ0n) is 16.9. The predicted molar refractivity (Wildman–Crippen MR) is 129 cm³/mol. The number of ether oxygens (including phenoxy) is 2. The van der Waals surface area contributed by atoms with Gasteiger partial charge in [-0.1, -0.05) is 40.2 Å². The van der Waals surface area contributed by atoms with Gasteiger partial charge in [0.2, 0.25) is 0 Å². The van der Waals surface area contributed by atoms with Crippen LogP contribution in [-0.2, 0) is 6.61 Å². The van der Waals surface area contributed by atoms with Crippen LogP contribution < -0.4 is 25.6 Å². The molecule has 3 rings (SSSR count). The number of carbonyl (C=O) groups is 1. The molecule has 3 aromatic carbocycles. The SMILES string of the molecule is CCOc1ccccc1NC(=S)NNC(=O)c1cccc(COc2ccc(Br)cc2)c1. The van der Waals surface area contributed by atoms with Crippen molar-refractivity contribution in [2.75, 3.05) is 11.9 Å². The van der Waals surface area contributed by atoms with Crippen LogP contribution in [0, 0.1) is 0 Å². The smallest absolute Gasteiger partial charge is 0.269 e. The molecule has 0 aliphatic carbocycles. The zero-order valence-corrected chi connectivity index (χ0v) is 19.3. The number of rotatable bonds is 7. The Labute approximate surface area is 195 Å². The molecule has 0 heterocycles. The Morgan fingerprint density at radius 1 is 0.968 bits per heavy atom. The lowest BCUT2D eigenvalue weighted by Gasteiger charge is -2.14. The molecule has 8 heteroatoms. The number of benzene rings is 3. The first kappa shape index (κ1) is 22.6. The van der Waals surface area contributed by atoms with E-state index in [4.69, 9.17) is 21.7 Å². The average molecular weight is 500 g/mol. The molecule has 0 saturated carbocycles. The first-order valence-corrected chi connectivity index (χ1v) is 10.8. The fourth-order valence-electron chi connectivity index (χ4n) is 2.69. The van der Waals surface area contributed by atoms with Gasteiger partial charge < -0.3 is 14.8 Å². The summed E-state index contributed by atoms with van der Waals surface area (Å²) in [4.78, 5) is 12.5. The van der Waals surface area contributed by atoms with Gasteiger partial charge in [-0.3, -0.25) is 15.6 Å². The Morgan fingerprint density at radius 2 is 1.74 bits per heavy atom. The molecule has 6 nitrogen and oxygen atoms in total. The van der Waals surface area contributed by atoms with Crippen LogP contribution in [0.4, 0.5) is 5.69 Å². The summed E-state index contributed by atoms with van der Waals surface area (Å²) in [7, 11) is 0. The molecule has 0 radical (unpaired) electrons. The second kappa shape index (κ2) is 11.3. The van der Waals surface area contributed by atoms with Crippen molar-refractivity contribution < 1.29 is 14.3 Å². The topological polar surface area (TPSA) is 71.6 Å². The van der Waals surface area contributed by atoms with Crippen LogP contribution >= 0.6 is 28.1 Å². The maximum Gasteiger partial charge on any atom is 0.269 e. The number of amides is 1. The largest absolute Gasteiger partial charge is 0.492 e. The quantitative estimate of drug-likeness (QED) is 0.311. The molecule has 0 aromatic heterocycles. The van der Waals surface area contributed by atoms with Crippen molar-refractivity contribution in [3.63, 3.8) is 0 Å². The predicted octanol–water partition coefficient (Wildman–Crippen LogP) is 5.06. The lowest BCUT2D eigenvalue weighted by molar-refractivity contribution is 0.0944. The van der Waals surface area contributed by atoms with E-state index in [0.29, 0.717) is 30.2 Å². The first-order chi connectivity index (χ1) is 15.0. The average Bonchev–Trinajstić information content (AvgIpc) is 2.79. The molecule has 0 bridgehead atoms. The summed E-state index contributed by atoms with van der Waals surface area (Å²) in [5, 5.41) is 3.26. The number of hydrazine groups is 1. The molecular formula is C23H22BrN3O3S. The highest BCUT2D eigenvalue weighted by molar-refractivity contribution is 9.10. The van der Waals surface area contributed by atoms with Crippen molar-refractivity contribution in [2.24, 2.45) is 0 Å². The molecule has 3 aromatic rings. The molecular weight excluding hydrogens is 478 g/mol. The Balaban J connectivity index is 1.53. The van der Waals surface area contributed by atoms with Crippen molar-refractivity contribution in [3.8, 4) is 11.5 Å². The van der Waals surface area contributed by atoms with E-state index in [1.54, 1.807) is 12.1 Å². The molecule has 0 unspecified atom stereocenters. The van der Waals surface area contributed by atoms with E-state index >= 15 is 0 Å². The van der Waals surface area contributed by atoms with E-state index in [0.717, 1.165) is 15.8 Å². The van der Waals surface area contributed by atoms with Crippen molar-refractivity contribution in [2.45, 2.75) is 13.5 Å². The van der Waals surface area contributed by atoms with Gasteiger partial charge in [0.25, 0.3) is 5.91 Å². The number of hydrogen-bond acceptors (Lipinski definition) is 4. The van der Waals surface area contributed by atoms with Gasteiger partial charge in [-0.25, -0.2) is 0 Å². The summed E-state index contributed by atoms with van der Waals surface area (Å²) in [6.07, 6.45) is 0. The minimum Gasteiger partial charge on any atom is -0.492 e. The number of thiocarbonyl (C=S) groups is 1. The van der Waals surface area contributed by atoms with E-state index in [9.17, 15) is 4.79 Å². The fraction of sp³-hybridized carbons (Fsp3) is 0.130. The lowest BCUT2D eigenvalue weighted by atomic mass is 10.1. The van der Waals surface area contributed by atoms with E-state index < -0.39 is 0 Å². The standard InChI is InChI=1S/C23H22BrN3O3S/c1-2-29-21-9-4-3-8-20(21)25-23(31)27-26-22(28)17-7-5-6-16(14-17)15-30-19-12-10-18(24)11-13-19/h3-14H,2,15H2,1H3,(H,26,28)(H2,25,27,31). The van der Waals surface area contributed by atoms with Gasteiger partial charge in [-0.05, 0) is 73.2 Å². The number of hydrogen-bond donors (Lipinski definition) is 3. The summed E-state index contributed by atoms with van der Waals surface area (Å²) < 4.78 is 12.3. The van der Waals surface area contributed by atoms with Gasteiger partial charge in [0, 0.05) is 10.0 Å². The minimum absolute atomic E-state index is 0.246. The number of carbonyl (C=O) groups excluding carboxylic acids is 1. The van der Waals surface area contributed by atoms with Crippen molar-refractivity contribution >= 4 is 44.9 Å². The van der Waals surface area contributed by atoms with Gasteiger partial charge in [0.1, 0.15) is 18.1 Å². The Morgan fingerprint density at radius 3 is 2.52 bits per heavy atom. The molecule has 3 N–H and O–H groups in total. The van der Waals surface area contributed by atoms with Crippen molar-refractivity contribution in [1.29, 1.82) is 0 Å². The second-order valence-electron chi connectivity index (χ2n) is 6.41. The Bertz CT molecular complexity index is 1040. The normalized spacial score (nSPS) is 10.1. The maximum atomic E-state index is 12.5. The first-order valence-electron chi connectivity index (χ1n) is 9.61. The molecule has 0 fully saturated rings. The number of anilines is 1. The molecule has 1 amide bonds. The third-order valence-electron chi connectivity index (χ3n) is 4.13. The number of nitrogens with one attached hydrogen (secondary N) is 3. The van der Waals surface area contributed by atoms with Gasteiger partial charge >= 0.3 is 0 Å². The summed E-state index contributed by atoms with van der Waals surface area (Å²) in [6.45, 7) is 2.80. The zero-order chi connectivity index (χ0) is 22.1. The van der Waals surface area contributed by atoms with Crippen molar-refractivity contribution in [3.05, 3.63) is 88.4 Å². The summed E-state index contributed by atoms with van der Waals surface area (Å²) in [5.74, 6) is 1.12. The van der Waals surface area contributed by atoms with E-state index in [1.165, 1.54) is 0 Å². The third kappa shape index (κ3) is 6.97. The highest BCUT2D eigenvalue weighted by atomic mass is 79.9. The van der Waals surface area contributed by atoms with Crippen LogP contribution in [0.5, 0.6) is 11.5 Å². The number of para-hydroxylation sites is 2. The van der Waals surface area contributed by atoms with Crippen LogP contribution in [0.1, 0.15) is 22.8 Å². The summed E-state index contributed by atoms with van der Waals surface area (Å²) in [6, 6.07) is 22.2. The molecule has 0 atom stereocenters. The molecule has 0 aliphatic heterocycles. The van der Waals surface area contributed by atoms with E-state index in [-0.39, 0.29) is 11.0 Å². The molecule has 31 heavy (non-hydrogen) atoms. The molecule has 0 saturated heterocycles. The molecule has 0 aliphatic rings. The van der Waals surface area contributed by atoms with Crippen LogP contribution in [0.2, 0.25) is 0 Å². The maximum absolute atomic E-state index is 12.5. The Kier molecular flexibility index (Phi) is 8.26. The van der Waals surface area contributed by atoms with Gasteiger partial charge in [0.05, 0.1) is 12.3 Å². The van der Waals surface area contributed by atoms with Crippen LogP contribution in [0.25, 0.3) is 0 Å². The minimum atomic E-state index is -0.312. The second-order valence-corrected chi connectivity index (χ2v) is 7.73. The van der Waals surface area contributed by atoms with E-state index in [2.05, 4.69) is 32.1 Å². The highest BCUT2D eigenvalue weighted by Gasteiger charge is 2.09. The van der Waals surface area contributed by atoms with Crippen LogP contribution in [-0.4, -0.2) is 17.6 Å². The fourth-order valence-corrected chi connectivity index (χ4v) is 3.12. The van der Waals surface area contributed by atoms with Crippen LogP contribution in [0.15, 0.2) is 77.3 Å². The summed E-state index contributed by atoms with van der Waals surface area (Å²) in [5.41, 5.74) is 7.38. The van der Waals surface area contributed by atoms with Gasteiger partial charge in [-0.15, -0.1) is 0 Å². The number of halogens is 1. The van der Waals surface area contributed by atoms with E-state index in [1.807, 2.05) is 67.6 Å². The van der Waals surface area contributed by atoms with Crippen LogP contribution in [0.3, 0.4) is 0 Å². The van der Waals surface area contributed by atoms with Gasteiger partial charge in [0.15, 0.2) is 5.11 Å². The Hall–Kier alpha value is -3.10. The molecule has 160 valence electrons.